The minimum Gasteiger partial charge on any atom is -0.454 e. The molecule has 23 heavy (non-hydrogen) atoms. The zero-order valence-electron chi connectivity index (χ0n) is 12.7. The van der Waals surface area contributed by atoms with Gasteiger partial charge in [0.25, 0.3) is 0 Å². The molecule has 0 aliphatic carbocycles. The largest absolute Gasteiger partial charge is 0.454 e. The van der Waals surface area contributed by atoms with Gasteiger partial charge in [-0.05, 0) is 26.0 Å². The van der Waals surface area contributed by atoms with Crippen LogP contribution in [0.3, 0.4) is 0 Å². The topological polar surface area (TPSA) is 84.9 Å². The van der Waals surface area contributed by atoms with Gasteiger partial charge in [0, 0.05) is 11.8 Å². The Labute approximate surface area is 137 Å². The van der Waals surface area contributed by atoms with Crippen LogP contribution >= 0.6 is 11.8 Å². The molecule has 122 valence electrons. The molecule has 2 aliphatic heterocycles. The zero-order valence-corrected chi connectivity index (χ0v) is 13.5. The summed E-state index contributed by atoms with van der Waals surface area (Å²) in [4.78, 5) is 37.4. The summed E-state index contributed by atoms with van der Waals surface area (Å²) in [5, 5.41) is 2.00. The van der Waals surface area contributed by atoms with E-state index < -0.39 is 5.91 Å². The van der Waals surface area contributed by atoms with E-state index in [4.69, 9.17) is 9.47 Å². The lowest BCUT2D eigenvalue weighted by Crippen LogP contribution is -2.52. The van der Waals surface area contributed by atoms with E-state index in [1.54, 1.807) is 32.0 Å². The normalized spacial score (nSPS) is 23.1. The summed E-state index contributed by atoms with van der Waals surface area (Å²) in [7, 11) is 0. The van der Waals surface area contributed by atoms with Gasteiger partial charge in [-0.3, -0.25) is 19.3 Å². The number of imide groups is 1. The fourth-order valence-electron chi connectivity index (χ4n) is 2.44. The molecule has 3 amide bonds. The predicted octanol–water partition coefficient (Wildman–Crippen LogP) is 1.23. The molecule has 0 radical (unpaired) electrons. The van der Waals surface area contributed by atoms with Crippen LogP contribution in [0.25, 0.3) is 0 Å². The van der Waals surface area contributed by atoms with Crippen LogP contribution in [0.4, 0.5) is 5.69 Å². The number of anilines is 1. The number of hydrogen-bond donors (Lipinski definition) is 1. The van der Waals surface area contributed by atoms with Crippen LogP contribution in [-0.4, -0.2) is 46.5 Å². The molecule has 0 saturated carbocycles. The van der Waals surface area contributed by atoms with Gasteiger partial charge in [0.05, 0.1) is 10.5 Å². The Hall–Kier alpha value is -2.22. The van der Waals surface area contributed by atoms with Gasteiger partial charge in [-0.1, -0.05) is 0 Å². The number of ether oxygens (including phenoxy) is 2. The molecule has 1 saturated heterocycles. The first-order valence-corrected chi connectivity index (χ1v) is 8.10. The van der Waals surface area contributed by atoms with Crippen molar-refractivity contribution in [1.82, 2.24) is 4.90 Å². The van der Waals surface area contributed by atoms with Crippen molar-refractivity contribution in [3.05, 3.63) is 18.2 Å². The molecule has 2 aliphatic rings. The monoisotopic (exact) mass is 336 g/mol. The SMILES string of the molecule is C[C@@H]1S[C@H](C)C(=O)N(CC(=O)Nc2ccc3c(c2)OCO3)C1=O. The number of fused-ring (bicyclic) bond motifs is 1. The third kappa shape index (κ3) is 3.12. The van der Waals surface area contributed by atoms with Gasteiger partial charge in [-0.15, -0.1) is 11.8 Å². The summed E-state index contributed by atoms with van der Waals surface area (Å²) in [6.07, 6.45) is 0. The number of benzene rings is 1. The molecule has 7 nitrogen and oxygen atoms in total. The molecule has 1 aromatic carbocycles. The highest BCUT2D eigenvalue weighted by molar-refractivity contribution is 8.02. The van der Waals surface area contributed by atoms with Gasteiger partial charge in [-0.25, -0.2) is 0 Å². The lowest BCUT2D eigenvalue weighted by atomic mass is 10.2. The summed E-state index contributed by atoms with van der Waals surface area (Å²) < 4.78 is 10.4. The maximum absolute atomic E-state index is 12.1. The Morgan fingerprint density at radius 2 is 1.87 bits per heavy atom. The van der Waals surface area contributed by atoms with E-state index in [2.05, 4.69) is 5.32 Å². The fourth-order valence-corrected chi connectivity index (χ4v) is 3.54. The van der Waals surface area contributed by atoms with Gasteiger partial charge in [0.2, 0.25) is 24.5 Å². The fraction of sp³-hybridized carbons (Fsp3) is 0.400. The standard InChI is InChI=1S/C15H16N2O5S/c1-8-14(19)17(15(20)9(2)23-8)6-13(18)16-10-3-4-11-12(5-10)22-7-21-11/h3-5,8-9H,6-7H2,1-2H3,(H,16,18)/t8-,9+. The van der Waals surface area contributed by atoms with Crippen LogP contribution in [0.15, 0.2) is 18.2 Å². The highest BCUT2D eigenvalue weighted by Crippen LogP contribution is 2.34. The number of thioether (sulfide) groups is 1. The summed E-state index contributed by atoms with van der Waals surface area (Å²) >= 11 is 1.30. The van der Waals surface area contributed by atoms with Gasteiger partial charge >= 0.3 is 0 Å². The minimum atomic E-state index is -0.433. The number of carbonyl (C=O) groups excluding carboxylic acids is 3. The molecular formula is C15H16N2O5S. The molecular weight excluding hydrogens is 320 g/mol. The Morgan fingerprint density at radius 3 is 2.57 bits per heavy atom. The highest BCUT2D eigenvalue weighted by atomic mass is 32.2. The van der Waals surface area contributed by atoms with Gasteiger partial charge in [0.1, 0.15) is 6.54 Å². The lowest BCUT2D eigenvalue weighted by Gasteiger charge is -2.31. The Morgan fingerprint density at radius 1 is 1.22 bits per heavy atom. The van der Waals surface area contributed by atoms with Crippen molar-refractivity contribution in [3.8, 4) is 11.5 Å². The van der Waals surface area contributed by atoms with Crippen LogP contribution < -0.4 is 14.8 Å². The van der Waals surface area contributed by atoms with Crippen LogP contribution in [-0.2, 0) is 14.4 Å². The Bertz CT molecular complexity index is 658. The molecule has 2 atom stereocenters. The second kappa shape index (κ2) is 6.11. The van der Waals surface area contributed by atoms with E-state index in [-0.39, 0.29) is 35.7 Å². The van der Waals surface area contributed by atoms with Crippen molar-refractivity contribution in [2.45, 2.75) is 24.3 Å². The number of nitrogens with zero attached hydrogens (tertiary/aromatic N) is 1. The number of rotatable bonds is 3. The number of carbonyl (C=O) groups is 3. The first-order valence-electron chi connectivity index (χ1n) is 7.16. The molecule has 1 N–H and O–H groups in total. The first kappa shape index (κ1) is 15.7. The van der Waals surface area contributed by atoms with E-state index in [0.29, 0.717) is 17.2 Å². The van der Waals surface area contributed by atoms with Crippen molar-refractivity contribution in [2.24, 2.45) is 0 Å². The highest BCUT2D eigenvalue weighted by Gasteiger charge is 2.38. The average molecular weight is 336 g/mol. The van der Waals surface area contributed by atoms with Crippen molar-refractivity contribution < 1.29 is 23.9 Å². The van der Waals surface area contributed by atoms with Gasteiger partial charge < -0.3 is 14.8 Å². The first-order chi connectivity index (χ1) is 11.0. The summed E-state index contributed by atoms with van der Waals surface area (Å²) in [5.41, 5.74) is 0.520. The molecule has 0 spiro atoms. The van der Waals surface area contributed by atoms with Crippen LogP contribution in [0, 0.1) is 0 Å². The smallest absolute Gasteiger partial charge is 0.244 e. The maximum Gasteiger partial charge on any atom is 0.244 e. The predicted molar refractivity (Wildman–Crippen MR) is 84.4 cm³/mol. The molecule has 0 unspecified atom stereocenters. The van der Waals surface area contributed by atoms with Crippen molar-refractivity contribution in [2.75, 3.05) is 18.7 Å². The van der Waals surface area contributed by atoms with E-state index in [1.165, 1.54) is 11.8 Å². The quantitative estimate of drug-likeness (QED) is 0.836. The van der Waals surface area contributed by atoms with E-state index in [1.807, 2.05) is 0 Å². The molecule has 3 rings (SSSR count). The Balaban J connectivity index is 1.67. The number of hydrogen-bond acceptors (Lipinski definition) is 6. The molecule has 0 aromatic heterocycles. The second-order valence-corrected chi connectivity index (χ2v) is 6.99. The Kier molecular flexibility index (Phi) is 4.16. The zero-order chi connectivity index (χ0) is 16.6. The van der Waals surface area contributed by atoms with E-state index in [0.717, 1.165) is 4.90 Å². The lowest BCUT2D eigenvalue weighted by molar-refractivity contribution is -0.147. The maximum atomic E-state index is 12.1. The van der Waals surface area contributed by atoms with Crippen LogP contribution in [0.2, 0.25) is 0 Å². The van der Waals surface area contributed by atoms with Gasteiger partial charge in [-0.2, -0.15) is 0 Å². The summed E-state index contributed by atoms with van der Waals surface area (Å²) in [6, 6.07) is 5.00. The number of amides is 3. The van der Waals surface area contributed by atoms with E-state index >= 15 is 0 Å². The summed E-state index contributed by atoms with van der Waals surface area (Å²) in [6.45, 7) is 3.33. The van der Waals surface area contributed by atoms with Crippen molar-refractivity contribution >= 4 is 35.2 Å². The van der Waals surface area contributed by atoms with Crippen molar-refractivity contribution in [1.29, 1.82) is 0 Å². The van der Waals surface area contributed by atoms with E-state index in [9.17, 15) is 14.4 Å². The van der Waals surface area contributed by atoms with Crippen molar-refractivity contribution in [3.63, 3.8) is 0 Å². The molecule has 1 aromatic rings. The minimum absolute atomic E-state index is 0.150. The van der Waals surface area contributed by atoms with Crippen LogP contribution in [0.5, 0.6) is 11.5 Å². The molecule has 1 fully saturated rings. The van der Waals surface area contributed by atoms with Crippen LogP contribution in [0.1, 0.15) is 13.8 Å². The molecule has 2 heterocycles. The average Bonchev–Trinajstić information content (AvgIpc) is 2.97. The number of nitrogens with one attached hydrogen (secondary N) is 1. The third-order valence-electron chi connectivity index (χ3n) is 3.59. The molecule has 0 bridgehead atoms. The van der Waals surface area contributed by atoms with Gasteiger partial charge in [0.15, 0.2) is 11.5 Å². The second-order valence-electron chi connectivity index (χ2n) is 5.30. The summed E-state index contributed by atoms with van der Waals surface area (Å²) in [5.74, 6) is 0.0605. The molecule has 8 heteroatoms. The third-order valence-corrected chi connectivity index (χ3v) is 4.81.